The summed E-state index contributed by atoms with van der Waals surface area (Å²) in [5.41, 5.74) is 0.742. The van der Waals surface area contributed by atoms with E-state index in [2.05, 4.69) is 21.7 Å². The van der Waals surface area contributed by atoms with Gasteiger partial charge >= 0.3 is 0 Å². The molecule has 3 rings (SSSR count). The molecule has 0 saturated carbocycles. The molecule has 0 aliphatic carbocycles. The van der Waals surface area contributed by atoms with Gasteiger partial charge in [-0.05, 0) is 50.9 Å². The lowest BCUT2D eigenvalue weighted by Crippen LogP contribution is -2.48. The number of methoxy groups -OCH3 is 1. The van der Waals surface area contributed by atoms with Crippen molar-refractivity contribution in [1.82, 2.24) is 14.7 Å². The van der Waals surface area contributed by atoms with Crippen molar-refractivity contribution in [2.75, 3.05) is 53.4 Å². The number of piperidine rings is 1. The summed E-state index contributed by atoms with van der Waals surface area (Å²) in [6.45, 7) is 6.57. The predicted octanol–water partition coefficient (Wildman–Crippen LogP) is 2.33. The Labute approximate surface area is 151 Å². The molecule has 2 aliphatic heterocycles. The molecule has 1 amide bonds. The van der Waals surface area contributed by atoms with Crippen LogP contribution in [0.5, 0.6) is 5.75 Å². The largest absolute Gasteiger partial charge is 0.497 e. The van der Waals surface area contributed by atoms with Crippen molar-refractivity contribution in [2.24, 2.45) is 0 Å². The molecule has 25 heavy (non-hydrogen) atoms. The molecule has 1 atom stereocenters. The molecule has 138 valence electrons. The summed E-state index contributed by atoms with van der Waals surface area (Å²) in [6.07, 6.45) is 4.55. The van der Waals surface area contributed by atoms with E-state index in [-0.39, 0.29) is 5.91 Å². The number of likely N-dealkylation sites (tertiary alicyclic amines) is 1. The molecule has 2 fully saturated rings. The van der Waals surface area contributed by atoms with E-state index in [1.807, 2.05) is 24.3 Å². The van der Waals surface area contributed by atoms with Gasteiger partial charge in [-0.2, -0.15) is 0 Å². The van der Waals surface area contributed by atoms with Gasteiger partial charge in [0.15, 0.2) is 0 Å². The van der Waals surface area contributed by atoms with Gasteiger partial charge in [-0.3, -0.25) is 4.79 Å². The van der Waals surface area contributed by atoms with Crippen molar-refractivity contribution in [3.63, 3.8) is 0 Å². The first-order chi connectivity index (χ1) is 12.2. The Morgan fingerprint density at radius 1 is 1.16 bits per heavy atom. The quantitative estimate of drug-likeness (QED) is 0.821. The first-order valence-corrected chi connectivity index (χ1v) is 9.53. The van der Waals surface area contributed by atoms with Gasteiger partial charge < -0.3 is 19.4 Å². The third-order valence-electron chi connectivity index (χ3n) is 5.58. The van der Waals surface area contributed by atoms with Gasteiger partial charge in [0, 0.05) is 50.9 Å². The molecule has 5 nitrogen and oxygen atoms in total. The topological polar surface area (TPSA) is 36.0 Å². The highest BCUT2D eigenvalue weighted by atomic mass is 16.5. The molecule has 2 saturated heterocycles. The Morgan fingerprint density at radius 3 is 2.72 bits per heavy atom. The van der Waals surface area contributed by atoms with Crippen molar-refractivity contribution in [1.29, 1.82) is 0 Å². The minimum absolute atomic E-state index is 0.155. The summed E-state index contributed by atoms with van der Waals surface area (Å²) in [5.74, 6) is 0.902. The van der Waals surface area contributed by atoms with Gasteiger partial charge in [-0.15, -0.1) is 0 Å². The number of hydrogen-bond acceptors (Lipinski definition) is 4. The van der Waals surface area contributed by atoms with E-state index in [0.717, 1.165) is 69.8 Å². The Morgan fingerprint density at radius 2 is 1.96 bits per heavy atom. The van der Waals surface area contributed by atoms with Gasteiger partial charge in [0.05, 0.1) is 7.11 Å². The van der Waals surface area contributed by atoms with E-state index in [1.165, 1.54) is 6.42 Å². The molecule has 1 aromatic rings. The van der Waals surface area contributed by atoms with Crippen LogP contribution in [0.2, 0.25) is 0 Å². The Hall–Kier alpha value is -1.59. The zero-order valence-electron chi connectivity index (χ0n) is 15.6. The molecule has 0 radical (unpaired) electrons. The number of likely N-dealkylation sites (N-methyl/N-ethyl adjacent to an activating group) is 1. The fraction of sp³-hybridized carbons (Fsp3) is 0.650. The standard InChI is InChI=1S/C20H31N3O2/c1-21-12-14-22(15-13-21)11-9-18-7-3-4-10-23(18)20(24)17-6-5-8-19(16-17)25-2/h5-6,8,16,18H,3-4,7,9-15H2,1-2H3/t18-/m0/s1. The minimum Gasteiger partial charge on any atom is -0.497 e. The third-order valence-corrected chi connectivity index (χ3v) is 5.58. The number of amides is 1. The van der Waals surface area contributed by atoms with Crippen LogP contribution in [0.4, 0.5) is 0 Å². The maximum absolute atomic E-state index is 13.0. The smallest absolute Gasteiger partial charge is 0.254 e. The third kappa shape index (κ3) is 4.73. The average molecular weight is 345 g/mol. The maximum atomic E-state index is 13.0. The molecular weight excluding hydrogens is 314 g/mol. The number of piperazine rings is 1. The highest BCUT2D eigenvalue weighted by Crippen LogP contribution is 2.24. The second-order valence-electron chi connectivity index (χ2n) is 7.31. The van der Waals surface area contributed by atoms with Crippen LogP contribution >= 0.6 is 0 Å². The zero-order valence-corrected chi connectivity index (χ0v) is 15.6. The van der Waals surface area contributed by atoms with Crippen LogP contribution < -0.4 is 4.74 Å². The van der Waals surface area contributed by atoms with Crippen LogP contribution in [0.15, 0.2) is 24.3 Å². The average Bonchev–Trinajstić information content (AvgIpc) is 2.67. The molecule has 0 N–H and O–H groups in total. The van der Waals surface area contributed by atoms with Gasteiger partial charge in [0.2, 0.25) is 0 Å². The molecule has 2 aliphatic rings. The van der Waals surface area contributed by atoms with Gasteiger partial charge in [-0.1, -0.05) is 6.07 Å². The molecule has 0 unspecified atom stereocenters. The van der Waals surface area contributed by atoms with E-state index < -0.39 is 0 Å². The second kappa shape index (κ2) is 8.68. The first-order valence-electron chi connectivity index (χ1n) is 9.53. The van der Waals surface area contributed by atoms with Crippen molar-refractivity contribution >= 4 is 5.91 Å². The molecule has 1 aromatic carbocycles. The monoisotopic (exact) mass is 345 g/mol. The van der Waals surface area contributed by atoms with Crippen LogP contribution in [-0.4, -0.2) is 80.1 Å². The Balaban J connectivity index is 1.60. The lowest BCUT2D eigenvalue weighted by Gasteiger charge is -2.38. The van der Waals surface area contributed by atoms with Crippen LogP contribution in [0, 0.1) is 0 Å². The van der Waals surface area contributed by atoms with E-state index >= 15 is 0 Å². The summed E-state index contributed by atoms with van der Waals surface area (Å²) >= 11 is 0. The molecule has 0 bridgehead atoms. The van der Waals surface area contributed by atoms with Crippen molar-refractivity contribution < 1.29 is 9.53 Å². The second-order valence-corrected chi connectivity index (χ2v) is 7.31. The highest BCUT2D eigenvalue weighted by Gasteiger charge is 2.28. The molecular formula is C20H31N3O2. The minimum atomic E-state index is 0.155. The number of carbonyl (C=O) groups excluding carboxylic acids is 1. The van der Waals surface area contributed by atoms with Crippen LogP contribution in [0.3, 0.4) is 0 Å². The number of ether oxygens (including phenoxy) is 1. The van der Waals surface area contributed by atoms with Gasteiger partial charge in [0.1, 0.15) is 5.75 Å². The summed E-state index contributed by atoms with van der Waals surface area (Å²) in [6, 6.07) is 7.91. The fourth-order valence-electron chi connectivity index (χ4n) is 3.89. The number of nitrogens with zero attached hydrogens (tertiary/aromatic N) is 3. The van der Waals surface area contributed by atoms with Crippen LogP contribution in [-0.2, 0) is 0 Å². The van der Waals surface area contributed by atoms with Crippen LogP contribution in [0.1, 0.15) is 36.0 Å². The highest BCUT2D eigenvalue weighted by molar-refractivity contribution is 5.94. The normalized spacial score (nSPS) is 22.8. The molecule has 0 spiro atoms. The van der Waals surface area contributed by atoms with E-state index in [0.29, 0.717) is 6.04 Å². The predicted molar refractivity (Wildman–Crippen MR) is 100 cm³/mol. The van der Waals surface area contributed by atoms with Crippen LogP contribution in [0.25, 0.3) is 0 Å². The van der Waals surface area contributed by atoms with E-state index in [1.54, 1.807) is 7.11 Å². The summed E-state index contributed by atoms with van der Waals surface area (Å²) in [4.78, 5) is 20.1. The summed E-state index contributed by atoms with van der Waals surface area (Å²) < 4.78 is 5.27. The Bertz CT molecular complexity index is 570. The summed E-state index contributed by atoms with van der Waals surface area (Å²) in [5, 5.41) is 0. The lowest BCUT2D eigenvalue weighted by atomic mass is 9.97. The number of benzene rings is 1. The fourth-order valence-corrected chi connectivity index (χ4v) is 3.89. The van der Waals surface area contributed by atoms with E-state index in [9.17, 15) is 4.79 Å². The molecule has 2 heterocycles. The molecule has 5 heteroatoms. The Kier molecular flexibility index (Phi) is 6.32. The van der Waals surface area contributed by atoms with Gasteiger partial charge in [0.25, 0.3) is 5.91 Å². The number of hydrogen-bond donors (Lipinski definition) is 0. The van der Waals surface area contributed by atoms with E-state index in [4.69, 9.17) is 4.74 Å². The first kappa shape index (κ1) is 18.2. The summed E-state index contributed by atoms with van der Waals surface area (Å²) in [7, 11) is 3.83. The lowest BCUT2D eigenvalue weighted by molar-refractivity contribution is 0.0569. The zero-order chi connectivity index (χ0) is 17.6. The van der Waals surface area contributed by atoms with Crippen molar-refractivity contribution in [2.45, 2.75) is 31.7 Å². The van der Waals surface area contributed by atoms with Crippen molar-refractivity contribution in [3.05, 3.63) is 29.8 Å². The number of carbonyl (C=O) groups is 1. The number of rotatable bonds is 5. The maximum Gasteiger partial charge on any atom is 0.254 e. The SMILES string of the molecule is COc1cccc(C(=O)N2CCCC[C@H]2CCN2CCN(C)CC2)c1. The van der Waals surface area contributed by atoms with Gasteiger partial charge in [-0.25, -0.2) is 0 Å². The van der Waals surface area contributed by atoms with Crippen molar-refractivity contribution in [3.8, 4) is 5.75 Å². The molecule has 0 aromatic heterocycles.